The molecule has 3 heterocycles. The summed E-state index contributed by atoms with van der Waals surface area (Å²) in [5, 5.41) is 3.45. The van der Waals surface area contributed by atoms with Crippen molar-refractivity contribution in [2.75, 3.05) is 39.4 Å². The molecule has 154 valence electrons. The molecule has 0 radical (unpaired) electrons. The molecule has 29 heavy (non-hydrogen) atoms. The van der Waals surface area contributed by atoms with Gasteiger partial charge in [0.05, 0.1) is 19.0 Å². The highest BCUT2D eigenvalue weighted by atomic mass is 32.2. The first-order valence-corrected chi connectivity index (χ1v) is 10.7. The number of morpholine rings is 1. The highest BCUT2D eigenvalue weighted by Gasteiger charge is 2.15. The summed E-state index contributed by atoms with van der Waals surface area (Å²) in [4.78, 5) is 23.3. The molecule has 1 N–H and O–H groups in total. The van der Waals surface area contributed by atoms with E-state index in [4.69, 9.17) is 13.6 Å². The van der Waals surface area contributed by atoms with Gasteiger partial charge in [-0.3, -0.25) is 9.69 Å². The van der Waals surface area contributed by atoms with Crippen molar-refractivity contribution in [3.05, 3.63) is 41.6 Å². The molecule has 0 atom stereocenters. The first kappa shape index (κ1) is 19.9. The molecule has 0 saturated carbocycles. The summed E-state index contributed by atoms with van der Waals surface area (Å²) >= 11 is 1.39. The summed E-state index contributed by atoms with van der Waals surface area (Å²) in [6, 6.07) is 5.84. The second kappa shape index (κ2) is 9.43. The maximum Gasteiger partial charge on any atom is 0.273 e. The lowest BCUT2D eigenvalue weighted by Crippen LogP contribution is -2.38. The first-order chi connectivity index (χ1) is 14.2. The fourth-order valence-corrected chi connectivity index (χ4v) is 3.84. The van der Waals surface area contributed by atoms with Crippen LogP contribution in [0.5, 0.6) is 0 Å². The van der Waals surface area contributed by atoms with Crippen LogP contribution in [0.4, 0.5) is 0 Å². The van der Waals surface area contributed by atoms with Gasteiger partial charge >= 0.3 is 0 Å². The van der Waals surface area contributed by atoms with Crippen molar-refractivity contribution in [3.8, 4) is 0 Å². The quantitative estimate of drug-likeness (QED) is 0.443. The van der Waals surface area contributed by atoms with Crippen LogP contribution in [0.3, 0.4) is 0 Å². The molecule has 1 saturated heterocycles. The van der Waals surface area contributed by atoms with Gasteiger partial charge in [-0.2, -0.15) is 0 Å². The molecule has 0 aliphatic carbocycles. The van der Waals surface area contributed by atoms with E-state index in [0.29, 0.717) is 29.1 Å². The number of hydrogen-bond donors (Lipinski definition) is 1. The second-order valence-corrected chi connectivity index (χ2v) is 7.81. The molecule has 3 aromatic rings. The van der Waals surface area contributed by atoms with Gasteiger partial charge in [-0.1, -0.05) is 23.9 Å². The van der Waals surface area contributed by atoms with E-state index < -0.39 is 0 Å². The summed E-state index contributed by atoms with van der Waals surface area (Å²) in [5.74, 6) is 0.688. The zero-order valence-electron chi connectivity index (χ0n) is 16.3. The monoisotopic (exact) mass is 416 g/mol. The molecule has 1 amide bonds. The van der Waals surface area contributed by atoms with Crippen LogP contribution in [0.15, 0.2) is 38.5 Å². The number of aromatic nitrogens is 2. The number of rotatable bonds is 8. The van der Waals surface area contributed by atoms with Gasteiger partial charge in [-0.15, -0.1) is 0 Å². The zero-order chi connectivity index (χ0) is 20.1. The average Bonchev–Trinajstić information content (AvgIpc) is 3.38. The SMILES string of the molecule is Cc1cccc2oc(SCc3nc(C(=O)NCCCN4CCOCC4)co3)nc12. The van der Waals surface area contributed by atoms with E-state index in [1.807, 2.05) is 25.1 Å². The number of thioether (sulfide) groups is 1. The van der Waals surface area contributed by atoms with Crippen molar-refractivity contribution in [1.82, 2.24) is 20.2 Å². The lowest BCUT2D eigenvalue weighted by atomic mass is 10.2. The summed E-state index contributed by atoms with van der Waals surface area (Å²) in [6.45, 7) is 7.04. The van der Waals surface area contributed by atoms with E-state index in [2.05, 4.69) is 20.2 Å². The minimum absolute atomic E-state index is 0.218. The number of para-hydroxylation sites is 1. The number of hydrogen-bond acceptors (Lipinski definition) is 8. The van der Waals surface area contributed by atoms with E-state index >= 15 is 0 Å². The van der Waals surface area contributed by atoms with Gasteiger partial charge in [-0.05, 0) is 31.5 Å². The summed E-state index contributed by atoms with van der Waals surface area (Å²) in [5.41, 5.74) is 2.98. The number of nitrogens with one attached hydrogen (secondary N) is 1. The Morgan fingerprint density at radius 1 is 1.28 bits per heavy atom. The Labute approximate surface area is 173 Å². The highest BCUT2D eigenvalue weighted by Crippen LogP contribution is 2.27. The predicted molar refractivity (Wildman–Crippen MR) is 109 cm³/mol. The minimum atomic E-state index is -0.218. The van der Waals surface area contributed by atoms with Gasteiger partial charge in [-0.25, -0.2) is 9.97 Å². The second-order valence-electron chi connectivity index (χ2n) is 6.88. The van der Waals surface area contributed by atoms with Gasteiger partial charge in [0, 0.05) is 19.6 Å². The van der Waals surface area contributed by atoms with Crippen molar-refractivity contribution in [2.45, 2.75) is 24.3 Å². The third kappa shape index (κ3) is 5.17. The first-order valence-electron chi connectivity index (χ1n) is 9.71. The molecule has 2 aromatic heterocycles. The van der Waals surface area contributed by atoms with E-state index in [9.17, 15) is 4.79 Å². The number of fused-ring (bicyclic) bond motifs is 1. The average molecular weight is 417 g/mol. The highest BCUT2D eigenvalue weighted by molar-refractivity contribution is 7.98. The normalized spacial score (nSPS) is 15.1. The van der Waals surface area contributed by atoms with Gasteiger partial charge < -0.3 is 18.9 Å². The zero-order valence-corrected chi connectivity index (χ0v) is 17.2. The fourth-order valence-electron chi connectivity index (χ4n) is 3.15. The Balaban J connectivity index is 1.23. The summed E-state index contributed by atoms with van der Waals surface area (Å²) in [7, 11) is 0. The predicted octanol–water partition coefficient (Wildman–Crippen LogP) is 2.87. The number of carbonyl (C=O) groups is 1. The summed E-state index contributed by atoms with van der Waals surface area (Å²) < 4.78 is 16.5. The molecular weight excluding hydrogens is 392 g/mol. The summed E-state index contributed by atoms with van der Waals surface area (Å²) in [6.07, 6.45) is 2.28. The number of benzene rings is 1. The Morgan fingerprint density at radius 3 is 2.97 bits per heavy atom. The largest absolute Gasteiger partial charge is 0.447 e. The van der Waals surface area contributed by atoms with Gasteiger partial charge in [0.25, 0.3) is 11.1 Å². The van der Waals surface area contributed by atoms with Crippen molar-refractivity contribution >= 4 is 28.8 Å². The molecule has 0 unspecified atom stereocenters. The molecule has 1 aliphatic heterocycles. The number of aryl methyl sites for hydroxylation is 1. The third-order valence-electron chi connectivity index (χ3n) is 4.74. The standard InChI is InChI=1S/C20H24N4O4S/c1-14-4-2-5-16-18(14)23-20(28-16)29-13-17-22-15(12-27-17)19(25)21-6-3-7-24-8-10-26-11-9-24/h2,4-5,12H,3,6-11,13H2,1H3,(H,21,25). The van der Waals surface area contributed by atoms with Crippen molar-refractivity contribution in [3.63, 3.8) is 0 Å². The van der Waals surface area contributed by atoms with Gasteiger partial charge in [0.2, 0.25) is 5.89 Å². The number of amides is 1. The molecule has 8 nitrogen and oxygen atoms in total. The molecule has 1 aliphatic rings. The lowest BCUT2D eigenvalue weighted by Gasteiger charge is -2.26. The van der Waals surface area contributed by atoms with E-state index in [-0.39, 0.29) is 5.91 Å². The number of ether oxygens (including phenoxy) is 1. The van der Waals surface area contributed by atoms with Crippen LogP contribution in [0.1, 0.15) is 28.4 Å². The van der Waals surface area contributed by atoms with Crippen LogP contribution in [-0.2, 0) is 10.5 Å². The topological polar surface area (TPSA) is 93.6 Å². The van der Waals surface area contributed by atoms with Crippen LogP contribution in [-0.4, -0.2) is 60.2 Å². The van der Waals surface area contributed by atoms with Crippen molar-refractivity contribution in [1.29, 1.82) is 0 Å². The Bertz CT molecular complexity index is 964. The van der Waals surface area contributed by atoms with Crippen LogP contribution < -0.4 is 5.32 Å². The smallest absolute Gasteiger partial charge is 0.273 e. The van der Waals surface area contributed by atoms with E-state index in [1.54, 1.807) is 0 Å². The van der Waals surface area contributed by atoms with Crippen LogP contribution >= 0.6 is 11.8 Å². The van der Waals surface area contributed by atoms with E-state index in [0.717, 1.165) is 55.9 Å². The van der Waals surface area contributed by atoms with Crippen LogP contribution in [0, 0.1) is 6.92 Å². The third-order valence-corrected chi connectivity index (χ3v) is 5.56. The Hall–Kier alpha value is -2.36. The maximum absolute atomic E-state index is 12.2. The Morgan fingerprint density at radius 2 is 2.14 bits per heavy atom. The molecule has 0 spiro atoms. The van der Waals surface area contributed by atoms with Crippen LogP contribution in [0.2, 0.25) is 0 Å². The van der Waals surface area contributed by atoms with Crippen LogP contribution in [0.25, 0.3) is 11.1 Å². The van der Waals surface area contributed by atoms with Crippen molar-refractivity contribution < 1.29 is 18.4 Å². The number of oxazole rings is 2. The number of nitrogens with zero attached hydrogens (tertiary/aromatic N) is 3. The van der Waals surface area contributed by atoms with Gasteiger partial charge in [0.1, 0.15) is 11.8 Å². The molecule has 0 bridgehead atoms. The molecule has 1 aromatic carbocycles. The van der Waals surface area contributed by atoms with Crippen molar-refractivity contribution in [2.24, 2.45) is 0 Å². The molecule has 9 heteroatoms. The fraction of sp³-hybridized carbons (Fsp3) is 0.450. The Kier molecular flexibility index (Phi) is 6.48. The molecular formula is C20H24N4O4S. The lowest BCUT2D eigenvalue weighted by molar-refractivity contribution is 0.0374. The minimum Gasteiger partial charge on any atom is -0.447 e. The maximum atomic E-state index is 12.2. The number of carbonyl (C=O) groups excluding carboxylic acids is 1. The van der Waals surface area contributed by atoms with E-state index in [1.165, 1.54) is 18.0 Å². The molecule has 4 rings (SSSR count). The van der Waals surface area contributed by atoms with Gasteiger partial charge in [0.15, 0.2) is 11.3 Å². The molecule has 1 fully saturated rings.